The number of nitrogens with zero attached hydrogens (tertiary/aromatic N) is 1. The average molecular weight is 294 g/mol. The third-order valence-electron chi connectivity index (χ3n) is 4.10. The predicted molar refractivity (Wildman–Crippen MR) is 82.9 cm³/mol. The second-order valence-electron chi connectivity index (χ2n) is 5.33. The van der Waals surface area contributed by atoms with Gasteiger partial charge in [-0.25, -0.2) is 0 Å². The van der Waals surface area contributed by atoms with E-state index >= 15 is 0 Å². The molecule has 0 aliphatic carbocycles. The van der Waals surface area contributed by atoms with Crippen LogP contribution in [0.4, 0.5) is 0 Å². The summed E-state index contributed by atoms with van der Waals surface area (Å²) >= 11 is 0. The first kappa shape index (κ1) is 16.1. The fourth-order valence-electron chi connectivity index (χ4n) is 2.77. The van der Waals surface area contributed by atoms with Gasteiger partial charge in [0.15, 0.2) is 0 Å². The van der Waals surface area contributed by atoms with Gasteiger partial charge >= 0.3 is 0 Å². The highest BCUT2D eigenvalue weighted by molar-refractivity contribution is 5.31. The molecule has 1 aromatic rings. The lowest BCUT2D eigenvalue weighted by atomic mass is 9.99. The molecule has 21 heavy (non-hydrogen) atoms. The molecule has 1 aromatic carbocycles. The Morgan fingerprint density at radius 2 is 1.90 bits per heavy atom. The summed E-state index contributed by atoms with van der Waals surface area (Å²) in [6.45, 7) is 3.25. The molecule has 0 amide bonds. The lowest BCUT2D eigenvalue weighted by Gasteiger charge is -2.38. The number of piperidine rings is 1. The number of ether oxygens (including phenoxy) is 3. The highest BCUT2D eigenvalue weighted by Gasteiger charge is 2.27. The number of nitrogens with two attached hydrogens (primary N) is 1. The largest absolute Gasteiger partial charge is 0.497 e. The lowest BCUT2D eigenvalue weighted by molar-refractivity contribution is 0.00923. The minimum atomic E-state index is 0.345. The smallest absolute Gasteiger partial charge is 0.119 e. The van der Waals surface area contributed by atoms with Crippen molar-refractivity contribution in [2.45, 2.75) is 25.0 Å². The quantitative estimate of drug-likeness (QED) is 0.826. The topological polar surface area (TPSA) is 57.0 Å². The molecule has 2 atom stereocenters. The zero-order valence-corrected chi connectivity index (χ0v) is 13.0. The van der Waals surface area contributed by atoms with E-state index in [1.54, 1.807) is 14.2 Å². The van der Waals surface area contributed by atoms with Gasteiger partial charge in [-0.05, 0) is 37.1 Å². The van der Waals surface area contributed by atoms with E-state index in [0.29, 0.717) is 25.3 Å². The fourth-order valence-corrected chi connectivity index (χ4v) is 2.77. The number of benzene rings is 1. The molecule has 0 aromatic heterocycles. The molecule has 0 spiro atoms. The zero-order chi connectivity index (χ0) is 15.1. The minimum absolute atomic E-state index is 0.345. The van der Waals surface area contributed by atoms with Gasteiger partial charge in [-0.1, -0.05) is 0 Å². The summed E-state index contributed by atoms with van der Waals surface area (Å²) < 4.78 is 16.4. The van der Waals surface area contributed by atoms with Crippen LogP contribution < -0.4 is 15.2 Å². The zero-order valence-electron chi connectivity index (χ0n) is 13.0. The van der Waals surface area contributed by atoms with Gasteiger partial charge in [-0.3, -0.25) is 4.90 Å². The van der Waals surface area contributed by atoms with Crippen molar-refractivity contribution in [1.82, 2.24) is 4.90 Å². The maximum Gasteiger partial charge on any atom is 0.119 e. The summed E-state index contributed by atoms with van der Waals surface area (Å²) in [5.74, 6) is 1.71. The van der Waals surface area contributed by atoms with Crippen LogP contribution in [0.3, 0.4) is 0 Å². The van der Waals surface area contributed by atoms with Crippen LogP contribution in [-0.2, 0) is 4.74 Å². The van der Waals surface area contributed by atoms with E-state index in [4.69, 9.17) is 19.9 Å². The normalized spacial score (nSPS) is 23.0. The third-order valence-corrected chi connectivity index (χ3v) is 4.10. The van der Waals surface area contributed by atoms with Gasteiger partial charge in [0.25, 0.3) is 0 Å². The molecular formula is C16H26N2O3. The Labute approximate surface area is 127 Å². The first-order valence-corrected chi connectivity index (χ1v) is 7.50. The molecule has 0 bridgehead atoms. The molecular weight excluding hydrogens is 268 g/mol. The van der Waals surface area contributed by atoms with E-state index in [2.05, 4.69) is 4.90 Å². The number of hydrogen-bond donors (Lipinski definition) is 1. The lowest BCUT2D eigenvalue weighted by Crippen LogP contribution is -2.49. The van der Waals surface area contributed by atoms with Crippen molar-refractivity contribution in [2.24, 2.45) is 5.73 Å². The van der Waals surface area contributed by atoms with Crippen molar-refractivity contribution in [2.75, 3.05) is 40.5 Å². The molecule has 0 radical (unpaired) electrons. The molecule has 1 fully saturated rings. The molecule has 1 aliphatic heterocycles. The summed E-state index contributed by atoms with van der Waals surface area (Å²) in [6.07, 6.45) is 2.42. The van der Waals surface area contributed by atoms with Crippen LogP contribution in [0.1, 0.15) is 12.8 Å². The Kier molecular flexibility index (Phi) is 6.29. The van der Waals surface area contributed by atoms with Crippen molar-refractivity contribution < 1.29 is 14.2 Å². The van der Waals surface area contributed by atoms with E-state index in [9.17, 15) is 0 Å². The number of likely N-dealkylation sites (tertiary alicyclic amines) is 1. The van der Waals surface area contributed by atoms with Crippen LogP contribution in [-0.4, -0.2) is 57.5 Å². The molecule has 1 aliphatic rings. The summed E-state index contributed by atoms with van der Waals surface area (Å²) in [6, 6.07) is 8.06. The highest BCUT2D eigenvalue weighted by atomic mass is 16.5. The van der Waals surface area contributed by atoms with Gasteiger partial charge in [0.2, 0.25) is 0 Å². The van der Waals surface area contributed by atoms with Crippen LogP contribution in [0.2, 0.25) is 0 Å². The van der Waals surface area contributed by atoms with Crippen molar-refractivity contribution in [3.8, 4) is 11.5 Å². The van der Waals surface area contributed by atoms with Gasteiger partial charge in [-0.15, -0.1) is 0 Å². The molecule has 5 heteroatoms. The molecule has 2 rings (SSSR count). The van der Waals surface area contributed by atoms with Gasteiger partial charge < -0.3 is 19.9 Å². The Balaban J connectivity index is 1.76. The molecule has 5 nitrogen and oxygen atoms in total. The van der Waals surface area contributed by atoms with E-state index in [0.717, 1.165) is 37.4 Å². The Morgan fingerprint density at radius 1 is 1.19 bits per heavy atom. The van der Waals surface area contributed by atoms with Gasteiger partial charge in [0.05, 0.1) is 13.2 Å². The third kappa shape index (κ3) is 4.59. The Bertz CT molecular complexity index is 410. The predicted octanol–water partition coefficient (Wildman–Crippen LogP) is 1.51. The van der Waals surface area contributed by atoms with Crippen LogP contribution >= 0.6 is 0 Å². The molecule has 2 unspecified atom stereocenters. The van der Waals surface area contributed by atoms with E-state index in [1.165, 1.54) is 0 Å². The maximum atomic E-state index is 5.87. The molecule has 1 saturated heterocycles. The summed E-state index contributed by atoms with van der Waals surface area (Å²) in [5, 5.41) is 0. The van der Waals surface area contributed by atoms with Crippen LogP contribution in [0.15, 0.2) is 24.3 Å². The summed E-state index contributed by atoms with van der Waals surface area (Å²) in [7, 11) is 3.44. The van der Waals surface area contributed by atoms with Gasteiger partial charge in [0.1, 0.15) is 18.1 Å². The van der Waals surface area contributed by atoms with Crippen LogP contribution in [0, 0.1) is 0 Å². The van der Waals surface area contributed by atoms with Crippen LogP contribution in [0.5, 0.6) is 11.5 Å². The number of methoxy groups -OCH3 is 2. The first-order valence-electron chi connectivity index (χ1n) is 7.50. The summed E-state index contributed by atoms with van der Waals surface area (Å²) in [4.78, 5) is 2.40. The van der Waals surface area contributed by atoms with E-state index in [-0.39, 0.29) is 0 Å². The second-order valence-corrected chi connectivity index (χ2v) is 5.33. The first-order chi connectivity index (χ1) is 10.3. The van der Waals surface area contributed by atoms with Crippen LogP contribution in [0.25, 0.3) is 0 Å². The SMILES string of the molecule is COc1ccc(OCCN2CCC(OC)CC2CN)cc1. The molecule has 1 heterocycles. The van der Waals surface area contributed by atoms with E-state index < -0.39 is 0 Å². The van der Waals surface area contributed by atoms with Crippen molar-refractivity contribution in [3.63, 3.8) is 0 Å². The average Bonchev–Trinajstić information content (AvgIpc) is 2.55. The van der Waals surface area contributed by atoms with Crippen molar-refractivity contribution >= 4 is 0 Å². The Morgan fingerprint density at radius 3 is 2.52 bits per heavy atom. The Hall–Kier alpha value is -1.30. The number of rotatable bonds is 7. The monoisotopic (exact) mass is 294 g/mol. The van der Waals surface area contributed by atoms with E-state index in [1.807, 2.05) is 24.3 Å². The summed E-state index contributed by atoms with van der Waals surface area (Å²) in [5.41, 5.74) is 5.87. The van der Waals surface area contributed by atoms with Gasteiger partial charge in [0, 0.05) is 32.8 Å². The maximum absolute atomic E-state index is 5.87. The van der Waals surface area contributed by atoms with Crippen molar-refractivity contribution in [1.29, 1.82) is 0 Å². The molecule has 2 N–H and O–H groups in total. The standard InChI is InChI=1S/C16H26N2O3/c1-19-14-3-5-15(6-4-14)21-10-9-18-8-7-16(20-2)11-13(18)12-17/h3-6,13,16H,7-12,17H2,1-2H3. The van der Waals surface area contributed by atoms with Gasteiger partial charge in [-0.2, -0.15) is 0 Å². The number of hydrogen-bond acceptors (Lipinski definition) is 5. The minimum Gasteiger partial charge on any atom is -0.497 e. The molecule has 0 saturated carbocycles. The highest BCUT2D eigenvalue weighted by Crippen LogP contribution is 2.20. The molecule has 118 valence electrons. The second kappa shape index (κ2) is 8.22. The van der Waals surface area contributed by atoms with Crippen molar-refractivity contribution in [3.05, 3.63) is 24.3 Å². The fraction of sp³-hybridized carbons (Fsp3) is 0.625.